The number of thioether (sulfide) groups is 1. The van der Waals surface area contributed by atoms with Crippen LogP contribution in [0.2, 0.25) is 0 Å². The molecule has 0 N–H and O–H groups in total. The quantitative estimate of drug-likeness (QED) is 0.698. The van der Waals surface area contributed by atoms with E-state index in [1.165, 1.54) is 4.68 Å². The number of rotatable bonds is 4. The minimum Gasteiger partial charge on any atom is -0.497 e. The Balaban J connectivity index is 1.61. The molecule has 3 aromatic rings. The molecule has 2 aromatic carbocycles. The van der Waals surface area contributed by atoms with Crippen molar-refractivity contribution in [3.05, 3.63) is 54.1 Å². The summed E-state index contributed by atoms with van der Waals surface area (Å²) in [7, 11) is 3.26. The summed E-state index contributed by atoms with van der Waals surface area (Å²) in [5.74, 6) is 2.05. The largest absolute Gasteiger partial charge is 0.497 e. The van der Waals surface area contributed by atoms with Crippen LogP contribution >= 0.6 is 11.8 Å². The van der Waals surface area contributed by atoms with Gasteiger partial charge in [-0.15, -0.1) is 5.10 Å². The molecule has 0 bridgehead atoms. The van der Waals surface area contributed by atoms with Crippen molar-refractivity contribution in [3.8, 4) is 22.9 Å². The van der Waals surface area contributed by atoms with Gasteiger partial charge in [0.1, 0.15) is 11.5 Å². The first kappa shape index (κ1) is 16.7. The van der Waals surface area contributed by atoms with Crippen LogP contribution in [-0.4, -0.2) is 34.9 Å². The van der Waals surface area contributed by atoms with E-state index in [4.69, 9.17) is 9.47 Å². The van der Waals surface area contributed by atoms with Crippen LogP contribution < -0.4 is 9.47 Å². The second-order valence-electron chi connectivity index (χ2n) is 5.84. The van der Waals surface area contributed by atoms with E-state index in [0.29, 0.717) is 17.4 Å². The molecule has 1 aliphatic rings. The normalized spacial score (nSPS) is 16.2. The zero-order valence-electron chi connectivity index (χ0n) is 14.4. The van der Waals surface area contributed by atoms with E-state index in [0.717, 1.165) is 22.6 Å². The summed E-state index contributed by atoms with van der Waals surface area (Å²) in [5, 5.41) is 5.03. The van der Waals surface area contributed by atoms with E-state index in [1.807, 2.05) is 48.5 Å². The molecule has 4 rings (SSSR count). The molecule has 0 fully saturated rings. The maximum atomic E-state index is 12.5. The molecule has 0 saturated heterocycles. The van der Waals surface area contributed by atoms with Crippen LogP contribution in [0.25, 0.3) is 11.4 Å². The van der Waals surface area contributed by atoms with Crippen molar-refractivity contribution in [3.63, 3.8) is 0 Å². The number of fused-ring (bicyclic) bond motifs is 1. The first-order valence-corrected chi connectivity index (χ1v) is 9.01. The predicted molar refractivity (Wildman–Crippen MR) is 98.8 cm³/mol. The number of aromatic nitrogens is 3. The molecular formula is C19H17N3O3S. The molecule has 0 aliphatic carbocycles. The summed E-state index contributed by atoms with van der Waals surface area (Å²) < 4.78 is 11.8. The second kappa shape index (κ2) is 6.84. The van der Waals surface area contributed by atoms with Gasteiger partial charge in [0.15, 0.2) is 11.0 Å². The van der Waals surface area contributed by atoms with Gasteiger partial charge in [-0.2, -0.15) is 4.68 Å². The lowest BCUT2D eigenvalue weighted by atomic mass is 10.1. The zero-order chi connectivity index (χ0) is 18.1. The van der Waals surface area contributed by atoms with Gasteiger partial charge in [-0.05, 0) is 42.0 Å². The average molecular weight is 367 g/mol. The monoisotopic (exact) mass is 367 g/mol. The fraction of sp³-hybridized carbons (Fsp3) is 0.211. The van der Waals surface area contributed by atoms with Crippen molar-refractivity contribution in [1.29, 1.82) is 0 Å². The Morgan fingerprint density at radius 3 is 2.23 bits per heavy atom. The van der Waals surface area contributed by atoms with Crippen molar-refractivity contribution < 1.29 is 14.3 Å². The van der Waals surface area contributed by atoms with Crippen LogP contribution in [0.5, 0.6) is 11.5 Å². The van der Waals surface area contributed by atoms with Crippen molar-refractivity contribution >= 4 is 17.7 Å². The number of carbonyl (C=O) groups is 1. The van der Waals surface area contributed by atoms with Gasteiger partial charge in [0.2, 0.25) is 0 Å². The van der Waals surface area contributed by atoms with Crippen LogP contribution in [0, 0.1) is 0 Å². The fourth-order valence-corrected chi connectivity index (χ4v) is 3.97. The van der Waals surface area contributed by atoms with Crippen LogP contribution in [0.4, 0.5) is 0 Å². The lowest BCUT2D eigenvalue weighted by Crippen LogP contribution is -2.20. The van der Waals surface area contributed by atoms with Crippen molar-refractivity contribution in [2.45, 2.75) is 16.8 Å². The van der Waals surface area contributed by atoms with Gasteiger partial charge >= 0.3 is 0 Å². The molecule has 26 heavy (non-hydrogen) atoms. The van der Waals surface area contributed by atoms with Gasteiger partial charge in [0.05, 0.1) is 14.2 Å². The Labute approximate surface area is 155 Å². The van der Waals surface area contributed by atoms with Crippen LogP contribution in [0.3, 0.4) is 0 Å². The molecule has 0 unspecified atom stereocenters. The Hall–Kier alpha value is -2.80. The van der Waals surface area contributed by atoms with Gasteiger partial charge in [-0.1, -0.05) is 23.9 Å². The number of benzene rings is 2. The van der Waals surface area contributed by atoms with Crippen LogP contribution in [0.1, 0.15) is 22.0 Å². The molecule has 1 atom stereocenters. The summed E-state index contributed by atoms with van der Waals surface area (Å²) in [4.78, 5) is 17.1. The molecule has 1 aliphatic heterocycles. The number of carbonyl (C=O) groups excluding carboxylic acids is 1. The van der Waals surface area contributed by atoms with Gasteiger partial charge < -0.3 is 9.47 Å². The number of hydrogen-bond acceptors (Lipinski definition) is 6. The maximum absolute atomic E-state index is 12.5. The summed E-state index contributed by atoms with van der Waals surface area (Å²) in [6, 6.07) is 15.3. The Bertz CT molecular complexity index is 936. The first-order chi connectivity index (χ1) is 12.7. The zero-order valence-corrected chi connectivity index (χ0v) is 15.2. The SMILES string of the molecule is COc1ccc(-c2nc3n(n2)C(=O)C[C@H](c2ccc(OC)cc2)S3)cc1. The Kier molecular flexibility index (Phi) is 4.38. The van der Waals surface area contributed by atoms with Crippen molar-refractivity contribution in [2.75, 3.05) is 14.2 Å². The molecular weight excluding hydrogens is 350 g/mol. The van der Waals surface area contributed by atoms with Crippen LogP contribution in [0.15, 0.2) is 53.7 Å². The first-order valence-electron chi connectivity index (χ1n) is 8.13. The standard InChI is InChI=1S/C19H17N3O3S/c1-24-14-7-3-12(4-8-14)16-11-17(23)22-19(26-16)20-18(21-22)13-5-9-15(25-2)10-6-13/h3-10,16H,11H2,1-2H3/t16-/m1/s1. The summed E-state index contributed by atoms with van der Waals surface area (Å²) in [6.45, 7) is 0. The molecule has 0 saturated carbocycles. The highest BCUT2D eigenvalue weighted by atomic mass is 32.2. The Morgan fingerprint density at radius 2 is 1.62 bits per heavy atom. The van der Waals surface area contributed by atoms with Gasteiger partial charge in [-0.3, -0.25) is 4.79 Å². The fourth-order valence-electron chi connectivity index (χ4n) is 2.82. The lowest BCUT2D eigenvalue weighted by Gasteiger charge is -2.20. The highest BCUT2D eigenvalue weighted by Crippen LogP contribution is 2.41. The van der Waals surface area contributed by atoms with E-state index in [-0.39, 0.29) is 11.2 Å². The summed E-state index contributed by atoms with van der Waals surface area (Å²) in [6.07, 6.45) is 0.384. The van der Waals surface area contributed by atoms with Crippen LogP contribution in [-0.2, 0) is 0 Å². The Morgan fingerprint density at radius 1 is 1.00 bits per heavy atom. The topological polar surface area (TPSA) is 66.2 Å². The van der Waals surface area contributed by atoms with Gasteiger partial charge in [0.25, 0.3) is 5.91 Å². The smallest absolute Gasteiger partial charge is 0.250 e. The van der Waals surface area contributed by atoms with E-state index in [1.54, 1.807) is 26.0 Å². The number of hydrogen-bond donors (Lipinski definition) is 0. The van der Waals surface area contributed by atoms with Gasteiger partial charge in [-0.25, -0.2) is 4.98 Å². The molecule has 0 radical (unpaired) electrons. The van der Waals surface area contributed by atoms with Crippen molar-refractivity contribution in [1.82, 2.24) is 14.8 Å². The molecule has 0 amide bonds. The van der Waals surface area contributed by atoms with E-state index in [2.05, 4.69) is 10.1 Å². The highest BCUT2D eigenvalue weighted by molar-refractivity contribution is 7.99. The third kappa shape index (κ3) is 3.06. The molecule has 6 nitrogen and oxygen atoms in total. The summed E-state index contributed by atoms with van der Waals surface area (Å²) in [5.41, 5.74) is 1.92. The van der Waals surface area contributed by atoms with E-state index >= 15 is 0 Å². The van der Waals surface area contributed by atoms with E-state index < -0.39 is 0 Å². The molecule has 0 spiro atoms. The third-order valence-electron chi connectivity index (χ3n) is 4.26. The second-order valence-corrected chi connectivity index (χ2v) is 7.01. The molecule has 1 aromatic heterocycles. The van der Waals surface area contributed by atoms with Gasteiger partial charge in [0, 0.05) is 17.2 Å². The number of methoxy groups -OCH3 is 2. The lowest BCUT2D eigenvalue weighted by molar-refractivity contribution is 0.0868. The third-order valence-corrected chi connectivity index (χ3v) is 5.46. The molecule has 132 valence electrons. The average Bonchev–Trinajstić information content (AvgIpc) is 3.13. The number of ether oxygens (including phenoxy) is 2. The highest BCUT2D eigenvalue weighted by Gasteiger charge is 2.30. The molecule has 2 heterocycles. The summed E-state index contributed by atoms with van der Waals surface area (Å²) >= 11 is 1.55. The minimum absolute atomic E-state index is 0.0221. The van der Waals surface area contributed by atoms with E-state index in [9.17, 15) is 4.79 Å². The minimum atomic E-state index is -0.0492. The number of nitrogens with zero attached hydrogens (tertiary/aromatic N) is 3. The predicted octanol–water partition coefficient (Wildman–Crippen LogP) is 3.84. The van der Waals surface area contributed by atoms with Crippen molar-refractivity contribution in [2.24, 2.45) is 0 Å². The maximum Gasteiger partial charge on any atom is 0.250 e. The molecule has 7 heteroatoms.